The molecule has 0 bridgehead atoms. The largest absolute Gasteiger partial charge is 0.453 e. The van der Waals surface area contributed by atoms with Crippen LogP contribution < -0.4 is 9.47 Å². The molecule has 0 radical (unpaired) electrons. The summed E-state index contributed by atoms with van der Waals surface area (Å²) in [4.78, 5) is 0. The molecule has 1 aromatic carbocycles. The molecule has 2 rings (SSSR count). The average molecular weight is 178 g/mol. The highest BCUT2D eigenvalue weighted by molar-refractivity contribution is 5.53. The molecule has 2 nitrogen and oxygen atoms in total. The quantitative estimate of drug-likeness (QED) is 0.692. The Kier molecular flexibility index (Phi) is 2.13. The Bertz CT molecular complexity index is 287. The van der Waals surface area contributed by atoms with Crippen LogP contribution in [0.25, 0.3) is 0 Å². The van der Waals surface area contributed by atoms with E-state index in [-0.39, 0.29) is 0 Å². The Balaban J connectivity index is 2.52. The second kappa shape index (κ2) is 3.29. The molecule has 0 unspecified atom stereocenters. The molecule has 1 aromatic rings. The van der Waals surface area contributed by atoms with Gasteiger partial charge in [0.2, 0.25) is 6.79 Å². The van der Waals surface area contributed by atoms with Crippen LogP contribution in [0.4, 0.5) is 0 Å². The van der Waals surface area contributed by atoms with Gasteiger partial charge in [-0.15, -0.1) is 0 Å². The third-order valence-electron chi connectivity index (χ3n) is 2.44. The number of fused-ring (bicyclic) bond motifs is 1. The summed E-state index contributed by atoms with van der Waals surface area (Å²) >= 11 is 0. The van der Waals surface area contributed by atoms with Gasteiger partial charge in [-0.1, -0.05) is 26.0 Å². The van der Waals surface area contributed by atoms with Crippen molar-refractivity contribution >= 4 is 0 Å². The van der Waals surface area contributed by atoms with Gasteiger partial charge < -0.3 is 9.47 Å². The first-order valence-electron chi connectivity index (χ1n) is 4.77. The van der Waals surface area contributed by atoms with Crippen LogP contribution in [-0.2, 0) is 12.8 Å². The lowest BCUT2D eigenvalue weighted by atomic mass is 10.1. The van der Waals surface area contributed by atoms with E-state index in [0.717, 1.165) is 24.3 Å². The number of hydrogen-bond acceptors (Lipinski definition) is 2. The Morgan fingerprint density at radius 2 is 1.46 bits per heavy atom. The van der Waals surface area contributed by atoms with Crippen molar-refractivity contribution in [3.8, 4) is 11.5 Å². The van der Waals surface area contributed by atoms with Crippen molar-refractivity contribution in [1.82, 2.24) is 0 Å². The Morgan fingerprint density at radius 1 is 1.00 bits per heavy atom. The number of aryl methyl sites for hydroxylation is 2. The molecule has 0 saturated heterocycles. The summed E-state index contributed by atoms with van der Waals surface area (Å²) in [6, 6.07) is 4.26. The molecule has 70 valence electrons. The van der Waals surface area contributed by atoms with E-state index in [0.29, 0.717) is 6.79 Å². The van der Waals surface area contributed by atoms with Crippen molar-refractivity contribution in [1.29, 1.82) is 0 Å². The maximum Gasteiger partial charge on any atom is 0.231 e. The molecule has 13 heavy (non-hydrogen) atoms. The van der Waals surface area contributed by atoms with Crippen molar-refractivity contribution in [3.63, 3.8) is 0 Å². The summed E-state index contributed by atoms with van der Waals surface area (Å²) in [6.07, 6.45) is 1.99. The summed E-state index contributed by atoms with van der Waals surface area (Å²) in [5.74, 6) is 1.92. The highest BCUT2D eigenvalue weighted by atomic mass is 16.7. The van der Waals surface area contributed by atoms with Gasteiger partial charge in [0, 0.05) is 0 Å². The van der Waals surface area contributed by atoms with Gasteiger partial charge in [0.15, 0.2) is 11.5 Å². The monoisotopic (exact) mass is 178 g/mol. The van der Waals surface area contributed by atoms with E-state index in [1.54, 1.807) is 0 Å². The van der Waals surface area contributed by atoms with Crippen LogP contribution in [0.15, 0.2) is 12.1 Å². The maximum absolute atomic E-state index is 5.44. The van der Waals surface area contributed by atoms with Gasteiger partial charge in [0.25, 0.3) is 0 Å². The van der Waals surface area contributed by atoms with Crippen LogP contribution in [0, 0.1) is 0 Å². The van der Waals surface area contributed by atoms with E-state index in [2.05, 4.69) is 26.0 Å². The summed E-state index contributed by atoms with van der Waals surface area (Å²) in [5, 5.41) is 0. The van der Waals surface area contributed by atoms with Crippen LogP contribution >= 0.6 is 0 Å². The van der Waals surface area contributed by atoms with Gasteiger partial charge in [-0.25, -0.2) is 0 Å². The molecule has 1 heterocycles. The maximum atomic E-state index is 5.44. The van der Waals surface area contributed by atoms with Crippen LogP contribution in [-0.4, -0.2) is 6.79 Å². The molecule has 0 aliphatic carbocycles. The molecule has 0 aromatic heterocycles. The van der Waals surface area contributed by atoms with E-state index in [4.69, 9.17) is 9.47 Å². The molecule has 0 fully saturated rings. The second-order valence-corrected chi connectivity index (χ2v) is 3.16. The van der Waals surface area contributed by atoms with E-state index < -0.39 is 0 Å². The van der Waals surface area contributed by atoms with Crippen molar-refractivity contribution in [2.45, 2.75) is 26.7 Å². The van der Waals surface area contributed by atoms with Gasteiger partial charge in [-0.2, -0.15) is 0 Å². The minimum Gasteiger partial charge on any atom is -0.453 e. The second-order valence-electron chi connectivity index (χ2n) is 3.16. The van der Waals surface area contributed by atoms with E-state index in [1.165, 1.54) is 11.1 Å². The number of rotatable bonds is 2. The molecule has 0 saturated carbocycles. The number of ether oxygens (including phenoxy) is 2. The standard InChI is InChI=1S/C11H14O2/c1-3-8-5-6-9(4-2)11-10(8)12-7-13-11/h5-6H,3-4,7H2,1-2H3. The van der Waals surface area contributed by atoms with E-state index in [9.17, 15) is 0 Å². The van der Waals surface area contributed by atoms with Crippen molar-refractivity contribution in [2.75, 3.05) is 6.79 Å². The lowest BCUT2D eigenvalue weighted by molar-refractivity contribution is 0.172. The van der Waals surface area contributed by atoms with Crippen LogP contribution in [0.5, 0.6) is 11.5 Å². The van der Waals surface area contributed by atoms with E-state index in [1.807, 2.05) is 0 Å². The van der Waals surface area contributed by atoms with E-state index >= 15 is 0 Å². The molecule has 1 aliphatic heterocycles. The molecule has 0 atom stereocenters. The molecule has 1 aliphatic rings. The van der Waals surface area contributed by atoms with Gasteiger partial charge in [0.1, 0.15) is 0 Å². The van der Waals surface area contributed by atoms with Gasteiger partial charge in [-0.05, 0) is 24.0 Å². The molecule has 0 amide bonds. The Morgan fingerprint density at radius 3 is 1.85 bits per heavy atom. The highest BCUT2D eigenvalue weighted by Crippen LogP contribution is 2.39. The summed E-state index contributed by atoms with van der Waals surface area (Å²) < 4.78 is 10.9. The molecular formula is C11H14O2. The SMILES string of the molecule is CCc1ccc(CC)c2c1OCO2. The highest BCUT2D eigenvalue weighted by Gasteiger charge is 2.19. The number of hydrogen-bond donors (Lipinski definition) is 0. The first-order valence-corrected chi connectivity index (χ1v) is 4.77. The normalized spacial score (nSPS) is 13.4. The number of benzene rings is 1. The molecule has 2 heteroatoms. The third kappa shape index (κ3) is 1.26. The van der Waals surface area contributed by atoms with Crippen molar-refractivity contribution in [3.05, 3.63) is 23.3 Å². The zero-order valence-corrected chi connectivity index (χ0v) is 8.09. The zero-order valence-electron chi connectivity index (χ0n) is 8.09. The van der Waals surface area contributed by atoms with Crippen LogP contribution in [0.2, 0.25) is 0 Å². The van der Waals surface area contributed by atoms with Gasteiger partial charge in [0.05, 0.1) is 0 Å². The lowest BCUT2D eigenvalue weighted by Gasteiger charge is -2.06. The van der Waals surface area contributed by atoms with Crippen LogP contribution in [0.1, 0.15) is 25.0 Å². The first-order chi connectivity index (χ1) is 6.36. The smallest absolute Gasteiger partial charge is 0.231 e. The summed E-state index contributed by atoms with van der Waals surface area (Å²) in [7, 11) is 0. The van der Waals surface area contributed by atoms with Crippen molar-refractivity contribution < 1.29 is 9.47 Å². The summed E-state index contributed by atoms with van der Waals surface area (Å²) in [6.45, 7) is 4.63. The molecule has 0 spiro atoms. The Hall–Kier alpha value is -1.18. The minimum atomic E-state index is 0.374. The van der Waals surface area contributed by atoms with Crippen LogP contribution in [0.3, 0.4) is 0 Å². The molecule has 0 N–H and O–H groups in total. The molecular weight excluding hydrogens is 164 g/mol. The van der Waals surface area contributed by atoms with Gasteiger partial charge in [-0.3, -0.25) is 0 Å². The fourth-order valence-electron chi connectivity index (χ4n) is 1.66. The fraction of sp³-hybridized carbons (Fsp3) is 0.455. The summed E-state index contributed by atoms with van der Waals surface area (Å²) in [5.41, 5.74) is 2.48. The Labute approximate surface area is 78.5 Å². The average Bonchev–Trinajstić information content (AvgIpc) is 2.64. The predicted octanol–water partition coefficient (Wildman–Crippen LogP) is 2.54. The topological polar surface area (TPSA) is 18.5 Å². The zero-order chi connectivity index (χ0) is 9.26. The fourth-order valence-corrected chi connectivity index (χ4v) is 1.66. The van der Waals surface area contributed by atoms with Crippen molar-refractivity contribution in [2.24, 2.45) is 0 Å². The first kappa shape index (κ1) is 8.42. The predicted molar refractivity (Wildman–Crippen MR) is 51.3 cm³/mol. The van der Waals surface area contributed by atoms with Gasteiger partial charge >= 0.3 is 0 Å². The lowest BCUT2D eigenvalue weighted by Crippen LogP contribution is -1.94. The minimum absolute atomic E-state index is 0.374. The third-order valence-corrected chi connectivity index (χ3v) is 2.44.